The number of aromatic hydroxyl groups is 1. The lowest BCUT2D eigenvalue weighted by Gasteiger charge is -2.21. The molecule has 0 spiro atoms. The van der Waals surface area contributed by atoms with Crippen LogP contribution >= 0.6 is 11.6 Å². The van der Waals surface area contributed by atoms with Crippen LogP contribution in [0.3, 0.4) is 0 Å². The number of rotatable bonds is 1. The fourth-order valence-corrected chi connectivity index (χ4v) is 2.26. The number of phenols is 1. The Kier molecular flexibility index (Phi) is 2.78. The van der Waals surface area contributed by atoms with Gasteiger partial charge in [0.05, 0.1) is 0 Å². The van der Waals surface area contributed by atoms with E-state index in [0.717, 1.165) is 29.9 Å². The second kappa shape index (κ2) is 4.05. The Bertz CT molecular complexity index is 357. The van der Waals surface area contributed by atoms with Gasteiger partial charge in [0, 0.05) is 16.5 Å². The lowest BCUT2D eigenvalue weighted by molar-refractivity contribution is 0.461. The summed E-state index contributed by atoms with van der Waals surface area (Å²) in [5.74, 6) is 0.553. The molecule has 2 rings (SSSR count). The monoisotopic (exact) mass is 208 g/mol. The van der Waals surface area contributed by atoms with Crippen LogP contribution in [0.2, 0.25) is 0 Å². The van der Waals surface area contributed by atoms with Crippen molar-refractivity contribution in [3.8, 4) is 5.75 Å². The van der Waals surface area contributed by atoms with Gasteiger partial charge in [-0.05, 0) is 25.3 Å². The maximum Gasteiger partial charge on any atom is 0.119 e. The van der Waals surface area contributed by atoms with Gasteiger partial charge >= 0.3 is 0 Å². The molecule has 0 aromatic heterocycles. The minimum atomic E-state index is 0.201. The van der Waals surface area contributed by atoms with Crippen molar-refractivity contribution in [3.05, 3.63) is 40.9 Å². The van der Waals surface area contributed by atoms with Crippen molar-refractivity contribution in [2.24, 2.45) is 0 Å². The normalized spacial score (nSPS) is 21.8. The average molecular weight is 209 g/mol. The zero-order valence-corrected chi connectivity index (χ0v) is 8.67. The molecule has 1 N–H and O–H groups in total. The van der Waals surface area contributed by atoms with E-state index in [4.69, 9.17) is 11.6 Å². The second-order valence-corrected chi connectivity index (χ2v) is 4.07. The maximum absolute atomic E-state index is 9.69. The molecular weight excluding hydrogens is 196 g/mol. The molecule has 0 fully saturated rings. The predicted molar refractivity (Wildman–Crippen MR) is 58.6 cm³/mol. The van der Waals surface area contributed by atoms with Gasteiger partial charge in [0.1, 0.15) is 5.75 Å². The van der Waals surface area contributed by atoms with E-state index in [1.165, 1.54) is 0 Å². The second-order valence-electron chi connectivity index (χ2n) is 3.63. The lowest BCUT2D eigenvalue weighted by Crippen LogP contribution is -2.03. The van der Waals surface area contributed by atoms with Crippen LogP contribution in [0.5, 0.6) is 5.75 Å². The van der Waals surface area contributed by atoms with E-state index >= 15 is 0 Å². The fraction of sp³-hybridized carbons (Fsp3) is 0.333. The molecule has 1 aromatic rings. The van der Waals surface area contributed by atoms with Crippen LogP contribution in [0, 0.1) is 0 Å². The SMILES string of the molecule is Oc1ccccc1C1CCCC=C1Cl. The number of halogens is 1. The number of allylic oxidation sites excluding steroid dienone is 2. The average Bonchev–Trinajstić information content (AvgIpc) is 2.20. The molecule has 14 heavy (non-hydrogen) atoms. The van der Waals surface area contributed by atoms with Gasteiger partial charge in [-0.2, -0.15) is 0 Å². The van der Waals surface area contributed by atoms with E-state index in [9.17, 15) is 5.11 Å². The van der Waals surface area contributed by atoms with E-state index in [0.29, 0.717) is 5.75 Å². The summed E-state index contributed by atoms with van der Waals surface area (Å²) in [6.07, 6.45) is 5.30. The first-order chi connectivity index (χ1) is 6.79. The van der Waals surface area contributed by atoms with Crippen molar-refractivity contribution < 1.29 is 5.11 Å². The van der Waals surface area contributed by atoms with Crippen molar-refractivity contribution in [3.63, 3.8) is 0 Å². The zero-order chi connectivity index (χ0) is 9.97. The third kappa shape index (κ3) is 1.78. The molecule has 0 saturated heterocycles. The summed E-state index contributed by atoms with van der Waals surface area (Å²) in [7, 11) is 0. The molecule has 1 aromatic carbocycles. The molecule has 1 aliphatic carbocycles. The van der Waals surface area contributed by atoms with Crippen LogP contribution in [0.1, 0.15) is 30.7 Å². The largest absolute Gasteiger partial charge is 0.508 e. The van der Waals surface area contributed by atoms with Crippen molar-refractivity contribution in [2.45, 2.75) is 25.2 Å². The minimum Gasteiger partial charge on any atom is -0.508 e. The highest BCUT2D eigenvalue weighted by Crippen LogP contribution is 2.39. The van der Waals surface area contributed by atoms with Crippen LogP contribution in [0.25, 0.3) is 0 Å². The van der Waals surface area contributed by atoms with Crippen LogP contribution in [0.15, 0.2) is 35.4 Å². The van der Waals surface area contributed by atoms with Crippen molar-refractivity contribution in [2.75, 3.05) is 0 Å². The van der Waals surface area contributed by atoms with E-state index in [-0.39, 0.29) is 5.92 Å². The summed E-state index contributed by atoms with van der Waals surface area (Å²) in [4.78, 5) is 0. The smallest absolute Gasteiger partial charge is 0.119 e. The Morgan fingerprint density at radius 1 is 1.29 bits per heavy atom. The first kappa shape index (κ1) is 9.60. The Morgan fingerprint density at radius 3 is 2.79 bits per heavy atom. The standard InChI is InChI=1S/C12H13ClO/c13-11-7-3-1-5-9(11)10-6-2-4-8-12(10)14/h2,4,6-9,14H,1,3,5H2. The fourth-order valence-electron chi connectivity index (χ4n) is 1.93. The molecule has 1 aliphatic rings. The highest BCUT2D eigenvalue weighted by atomic mass is 35.5. The van der Waals surface area contributed by atoms with E-state index in [1.54, 1.807) is 6.07 Å². The highest BCUT2D eigenvalue weighted by molar-refractivity contribution is 6.30. The summed E-state index contributed by atoms with van der Waals surface area (Å²) >= 11 is 6.14. The van der Waals surface area contributed by atoms with Crippen LogP contribution in [-0.4, -0.2) is 5.11 Å². The number of phenolic OH excluding ortho intramolecular Hbond substituents is 1. The van der Waals surface area contributed by atoms with Gasteiger partial charge in [-0.3, -0.25) is 0 Å². The van der Waals surface area contributed by atoms with Gasteiger partial charge in [0.15, 0.2) is 0 Å². The van der Waals surface area contributed by atoms with Gasteiger partial charge in [-0.25, -0.2) is 0 Å². The summed E-state index contributed by atoms with van der Waals surface area (Å²) < 4.78 is 0. The number of hydrogen-bond donors (Lipinski definition) is 1. The maximum atomic E-state index is 9.69. The molecule has 0 amide bonds. The molecule has 0 heterocycles. The van der Waals surface area contributed by atoms with E-state index in [1.807, 2.05) is 18.2 Å². The van der Waals surface area contributed by atoms with Crippen LogP contribution in [0.4, 0.5) is 0 Å². The molecule has 0 bridgehead atoms. The Morgan fingerprint density at radius 2 is 2.07 bits per heavy atom. The zero-order valence-electron chi connectivity index (χ0n) is 7.91. The van der Waals surface area contributed by atoms with Crippen LogP contribution < -0.4 is 0 Å². The van der Waals surface area contributed by atoms with Crippen molar-refractivity contribution in [1.29, 1.82) is 0 Å². The third-order valence-electron chi connectivity index (χ3n) is 2.68. The van der Waals surface area contributed by atoms with Crippen LogP contribution in [-0.2, 0) is 0 Å². The molecule has 1 unspecified atom stereocenters. The predicted octanol–water partition coefficient (Wildman–Crippen LogP) is 3.78. The summed E-state index contributed by atoms with van der Waals surface area (Å²) in [6.45, 7) is 0. The summed E-state index contributed by atoms with van der Waals surface area (Å²) in [5.41, 5.74) is 0.952. The Hall–Kier alpha value is -0.950. The molecule has 74 valence electrons. The molecule has 0 aliphatic heterocycles. The Balaban J connectivity index is 2.35. The molecule has 0 radical (unpaired) electrons. The van der Waals surface area contributed by atoms with Gasteiger partial charge in [0.25, 0.3) is 0 Å². The minimum absolute atomic E-state index is 0.201. The molecule has 0 saturated carbocycles. The van der Waals surface area contributed by atoms with Gasteiger partial charge in [-0.15, -0.1) is 0 Å². The number of para-hydroxylation sites is 1. The molecule has 1 atom stereocenters. The lowest BCUT2D eigenvalue weighted by atomic mass is 9.88. The quantitative estimate of drug-likeness (QED) is 0.745. The van der Waals surface area contributed by atoms with Gasteiger partial charge in [0.2, 0.25) is 0 Å². The number of hydrogen-bond acceptors (Lipinski definition) is 1. The Labute approximate surface area is 89.0 Å². The highest BCUT2D eigenvalue weighted by Gasteiger charge is 2.20. The van der Waals surface area contributed by atoms with Gasteiger partial charge in [-0.1, -0.05) is 35.9 Å². The third-order valence-corrected chi connectivity index (χ3v) is 3.10. The molecular formula is C12H13ClO. The summed E-state index contributed by atoms with van der Waals surface area (Å²) in [6, 6.07) is 7.43. The van der Waals surface area contributed by atoms with Gasteiger partial charge < -0.3 is 5.11 Å². The first-order valence-corrected chi connectivity index (χ1v) is 5.30. The summed E-state index contributed by atoms with van der Waals surface area (Å²) in [5, 5.41) is 10.6. The van der Waals surface area contributed by atoms with Crippen molar-refractivity contribution >= 4 is 11.6 Å². The molecule has 1 nitrogen and oxygen atoms in total. The number of benzene rings is 1. The van der Waals surface area contributed by atoms with E-state index in [2.05, 4.69) is 6.08 Å². The van der Waals surface area contributed by atoms with Crippen molar-refractivity contribution in [1.82, 2.24) is 0 Å². The van der Waals surface area contributed by atoms with E-state index < -0.39 is 0 Å². The first-order valence-electron chi connectivity index (χ1n) is 4.92. The topological polar surface area (TPSA) is 20.2 Å². The molecule has 2 heteroatoms.